The van der Waals surface area contributed by atoms with E-state index in [-0.39, 0.29) is 12.6 Å². The van der Waals surface area contributed by atoms with E-state index in [1.165, 1.54) is 11.1 Å². The Labute approximate surface area is 138 Å². The van der Waals surface area contributed by atoms with Crippen LogP contribution < -0.4 is 0 Å². The van der Waals surface area contributed by atoms with Crippen molar-refractivity contribution in [1.82, 2.24) is 0 Å². The third-order valence-electron chi connectivity index (χ3n) is 4.75. The number of hydrogen-bond acceptors (Lipinski definition) is 3. The molecule has 0 fully saturated rings. The normalized spacial score (nSPS) is 18.5. The predicted octanol–water partition coefficient (Wildman–Crippen LogP) is 5.05. The number of rotatable bonds is 5. The molecule has 23 heavy (non-hydrogen) atoms. The fourth-order valence-electron chi connectivity index (χ4n) is 2.76. The van der Waals surface area contributed by atoms with Gasteiger partial charge in [-0.2, -0.15) is 0 Å². The molecule has 1 aromatic heterocycles. The third kappa shape index (κ3) is 4.04. The molecule has 0 aromatic carbocycles. The van der Waals surface area contributed by atoms with E-state index in [0.717, 1.165) is 29.7 Å². The lowest BCUT2D eigenvalue weighted by molar-refractivity contribution is -0.140. The first-order valence-corrected chi connectivity index (χ1v) is 8.13. The fourth-order valence-corrected chi connectivity index (χ4v) is 2.76. The Hall–Kier alpha value is -2.03. The maximum Gasteiger partial charge on any atom is 0.333 e. The van der Waals surface area contributed by atoms with E-state index in [1.54, 1.807) is 19.3 Å². The Bertz CT molecular complexity index is 671. The molecule has 1 aliphatic carbocycles. The SMILES string of the molecule is C/C=C(\C)C(=O)OCc1c(C)coc1CC1CC=CC(C)=C1C. The summed E-state index contributed by atoms with van der Waals surface area (Å²) in [7, 11) is 0. The summed E-state index contributed by atoms with van der Waals surface area (Å²) in [6.07, 6.45) is 9.79. The summed E-state index contributed by atoms with van der Waals surface area (Å²) < 4.78 is 11.2. The van der Waals surface area contributed by atoms with Crippen molar-refractivity contribution < 1.29 is 13.9 Å². The molecule has 1 aliphatic rings. The second-order valence-electron chi connectivity index (χ2n) is 6.27. The molecule has 1 aromatic rings. The van der Waals surface area contributed by atoms with Crippen molar-refractivity contribution in [2.45, 2.75) is 54.1 Å². The molecular formula is C20H26O3. The minimum Gasteiger partial charge on any atom is -0.469 e. The maximum absolute atomic E-state index is 11.8. The quantitative estimate of drug-likeness (QED) is 0.564. The van der Waals surface area contributed by atoms with E-state index in [4.69, 9.17) is 9.15 Å². The summed E-state index contributed by atoms with van der Waals surface area (Å²) >= 11 is 0. The molecule has 3 heteroatoms. The summed E-state index contributed by atoms with van der Waals surface area (Å²) in [5.74, 6) is 1.12. The summed E-state index contributed by atoms with van der Waals surface area (Å²) in [5.41, 5.74) is 5.41. The Morgan fingerprint density at radius 2 is 2.13 bits per heavy atom. The van der Waals surface area contributed by atoms with Crippen molar-refractivity contribution in [1.29, 1.82) is 0 Å². The fraction of sp³-hybridized carbons (Fsp3) is 0.450. The van der Waals surface area contributed by atoms with Crippen LogP contribution in [0.2, 0.25) is 0 Å². The number of esters is 1. The molecular weight excluding hydrogens is 288 g/mol. The van der Waals surface area contributed by atoms with Gasteiger partial charge in [0.2, 0.25) is 0 Å². The van der Waals surface area contributed by atoms with E-state index in [2.05, 4.69) is 26.0 Å². The molecule has 0 bridgehead atoms. The summed E-state index contributed by atoms with van der Waals surface area (Å²) in [6, 6.07) is 0. The lowest BCUT2D eigenvalue weighted by atomic mass is 9.85. The molecule has 0 saturated heterocycles. The number of carbonyl (C=O) groups is 1. The zero-order valence-corrected chi connectivity index (χ0v) is 14.7. The molecule has 0 N–H and O–H groups in total. The Kier molecular flexibility index (Phi) is 5.64. The van der Waals surface area contributed by atoms with Crippen LogP contribution in [0.25, 0.3) is 0 Å². The highest BCUT2D eigenvalue weighted by atomic mass is 16.5. The van der Waals surface area contributed by atoms with Gasteiger partial charge in [0, 0.05) is 17.6 Å². The summed E-state index contributed by atoms with van der Waals surface area (Å²) in [4.78, 5) is 11.8. The van der Waals surface area contributed by atoms with Crippen LogP contribution in [0.4, 0.5) is 0 Å². The number of hydrogen-bond donors (Lipinski definition) is 0. The first-order valence-electron chi connectivity index (χ1n) is 8.13. The monoisotopic (exact) mass is 314 g/mol. The van der Waals surface area contributed by atoms with Gasteiger partial charge in [-0.3, -0.25) is 0 Å². The first kappa shape index (κ1) is 17.3. The molecule has 0 amide bonds. The Morgan fingerprint density at radius 1 is 1.39 bits per heavy atom. The van der Waals surface area contributed by atoms with Gasteiger partial charge in [-0.05, 0) is 52.5 Å². The van der Waals surface area contributed by atoms with Crippen molar-refractivity contribution in [3.05, 3.63) is 58.1 Å². The first-order chi connectivity index (χ1) is 10.9. The van der Waals surface area contributed by atoms with E-state index >= 15 is 0 Å². The number of aryl methyl sites for hydroxylation is 1. The summed E-state index contributed by atoms with van der Waals surface area (Å²) in [5, 5.41) is 0. The van der Waals surface area contributed by atoms with Crippen molar-refractivity contribution in [2.24, 2.45) is 5.92 Å². The molecule has 0 saturated carbocycles. The van der Waals surface area contributed by atoms with Gasteiger partial charge in [-0.1, -0.05) is 29.4 Å². The van der Waals surface area contributed by atoms with Gasteiger partial charge >= 0.3 is 5.97 Å². The van der Waals surface area contributed by atoms with Crippen LogP contribution in [-0.2, 0) is 22.6 Å². The minimum atomic E-state index is -0.272. The predicted molar refractivity (Wildman–Crippen MR) is 92.0 cm³/mol. The van der Waals surface area contributed by atoms with Crippen LogP contribution in [0.1, 0.15) is 51.0 Å². The molecule has 0 spiro atoms. The van der Waals surface area contributed by atoms with Crippen LogP contribution in [0.5, 0.6) is 0 Å². The van der Waals surface area contributed by atoms with Gasteiger partial charge in [-0.25, -0.2) is 4.79 Å². The Balaban J connectivity index is 2.10. The van der Waals surface area contributed by atoms with Crippen molar-refractivity contribution >= 4 is 5.97 Å². The van der Waals surface area contributed by atoms with Crippen LogP contribution in [0.3, 0.4) is 0 Å². The number of furan rings is 1. The third-order valence-corrected chi connectivity index (χ3v) is 4.75. The molecule has 1 unspecified atom stereocenters. The standard InChI is InChI=1S/C20H26O3/c1-6-13(2)20(21)23-12-18-15(4)11-22-19(18)10-17-9-7-8-14(3)16(17)5/h6-8,11,17H,9-10,12H2,1-5H3/b13-6+. The molecule has 1 atom stereocenters. The highest BCUT2D eigenvalue weighted by molar-refractivity contribution is 5.87. The molecule has 0 aliphatic heterocycles. The molecule has 1 heterocycles. The van der Waals surface area contributed by atoms with Gasteiger partial charge in [0.05, 0.1) is 6.26 Å². The van der Waals surface area contributed by atoms with Crippen LogP contribution >= 0.6 is 0 Å². The number of carbonyl (C=O) groups excluding carboxylic acids is 1. The molecule has 124 valence electrons. The Morgan fingerprint density at radius 3 is 2.83 bits per heavy atom. The number of ether oxygens (including phenoxy) is 1. The lowest BCUT2D eigenvalue weighted by Gasteiger charge is -2.21. The van der Waals surface area contributed by atoms with Gasteiger partial charge in [0.25, 0.3) is 0 Å². The minimum absolute atomic E-state index is 0.270. The van der Waals surface area contributed by atoms with Crippen molar-refractivity contribution in [2.75, 3.05) is 0 Å². The van der Waals surface area contributed by atoms with Gasteiger partial charge in [0.15, 0.2) is 0 Å². The van der Waals surface area contributed by atoms with Gasteiger partial charge in [-0.15, -0.1) is 0 Å². The van der Waals surface area contributed by atoms with Crippen molar-refractivity contribution in [3.63, 3.8) is 0 Å². The average Bonchev–Trinajstić information content (AvgIpc) is 2.88. The summed E-state index contributed by atoms with van der Waals surface area (Å²) in [6.45, 7) is 10.2. The topological polar surface area (TPSA) is 39.4 Å². The lowest BCUT2D eigenvalue weighted by Crippen LogP contribution is -2.12. The second kappa shape index (κ2) is 7.49. The zero-order valence-electron chi connectivity index (χ0n) is 14.7. The van der Waals surface area contributed by atoms with E-state index < -0.39 is 0 Å². The van der Waals surface area contributed by atoms with Crippen LogP contribution in [0.15, 0.2) is 45.6 Å². The van der Waals surface area contributed by atoms with Gasteiger partial charge < -0.3 is 9.15 Å². The van der Waals surface area contributed by atoms with E-state index in [0.29, 0.717) is 11.5 Å². The smallest absolute Gasteiger partial charge is 0.333 e. The van der Waals surface area contributed by atoms with Crippen LogP contribution in [-0.4, -0.2) is 5.97 Å². The number of allylic oxidation sites excluding steroid dienone is 5. The van der Waals surface area contributed by atoms with Crippen LogP contribution in [0, 0.1) is 12.8 Å². The van der Waals surface area contributed by atoms with Gasteiger partial charge in [0.1, 0.15) is 12.4 Å². The van der Waals surface area contributed by atoms with E-state index in [1.807, 2.05) is 13.8 Å². The molecule has 0 radical (unpaired) electrons. The van der Waals surface area contributed by atoms with Crippen molar-refractivity contribution in [3.8, 4) is 0 Å². The average molecular weight is 314 g/mol. The highest BCUT2D eigenvalue weighted by Gasteiger charge is 2.21. The maximum atomic E-state index is 11.8. The second-order valence-corrected chi connectivity index (χ2v) is 6.27. The highest BCUT2D eigenvalue weighted by Crippen LogP contribution is 2.30. The van der Waals surface area contributed by atoms with E-state index in [9.17, 15) is 4.79 Å². The molecule has 3 nitrogen and oxygen atoms in total. The molecule has 2 rings (SSSR count). The largest absolute Gasteiger partial charge is 0.469 e. The zero-order chi connectivity index (χ0) is 17.0.